The van der Waals surface area contributed by atoms with Crippen molar-refractivity contribution in [2.24, 2.45) is 14.1 Å². The van der Waals surface area contributed by atoms with Gasteiger partial charge in [0.1, 0.15) is 11.5 Å². The van der Waals surface area contributed by atoms with Crippen LogP contribution in [0.1, 0.15) is 5.82 Å². The molecular formula is C16H14ClN5O. The van der Waals surface area contributed by atoms with Crippen LogP contribution in [0.15, 0.2) is 29.3 Å². The number of aromatic nitrogens is 5. The molecule has 0 aliphatic carbocycles. The molecule has 3 aromatic heterocycles. The summed E-state index contributed by atoms with van der Waals surface area (Å²) in [4.78, 5) is 20.1. The number of hydrogen-bond donors (Lipinski definition) is 1. The normalized spacial score (nSPS) is 11.7. The fourth-order valence-corrected chi connectivity index (χ4v) is 3.18. The van der Waals surface area contributed by atoms with Gasteiger partial charge in [0.2, 0.25) is 0 Å². The maximum atomic E-state index is 12.6. The molecule has 0 spiro atoms. The molecule has 0 bridgehead atoms. The fourth-order valence-electron chi connectivity index (χ4n) is 2.87. The average molecular weight is 328 g/mol. The van der Waals surface area contributed by atoms with Gasteiger partial charge in [-0.15, -0.1) is 0 Å². The fraction of sp³-hybridized carbons (Fsp3) is 0.188. The first-order valence-electron chi connectivity index (χ1n) is 7.14. The van der Waals surface area contributed by atoms with E-state index in [0.29, 0.717) is 21.9 Å². The molecule has 0 saturated carbocycles. The number of H-pyrrole nitrogens is 1. The monoisotopic (exact) mass is 327 g/mol. The molecule has 7 heteroatoms. The zero-order valence-electron chi connectivity index (χ0n) is 12.9. The lowest BCUT2D eigenvalue weighted by Gasteiger charge is -2.06. The average Bonchev–Trinajstić information content (AvgIpc) is 3.09. The number of hydrogen-bond acceptors (Lipinski definition) is 3. The number of nitrogens with one attached hydrogen (secondary N) is 1. The topological polar surface area (TPSA) is 68.5 Å². The standard InChI is InChI=1S/C16H14ClN5O/c1-8-19-15-13(16(23)22(8)3)10(6-18-15)9-4-5-12-11(14(9)17)7-21(2)20-12/h4-7,18H,1-3H3. The second kappa shape index (κ2) is 4.70. The van der Waals surface area contributed by atoms with Crippen LogP contribution in [0.2, 0.25) is 5.02 Å². The lowest BCUT2D eigenvalue weighted by atomic mass is 10.0. The minimum Gasteiger partial charge on any atom is -0.345 e. The Balaban J connectivity index is 2.09. The van der Waals surface area contributed by atoms with E-state index in [1.807, 2.05) is 25.4 Å². The van der Waals surface area contributed by atoms with E-state index >= 15 is 0 Å². The highest BCUT2D eigenvalue weighted by atomic mass is 35.5. The molecule has 1 aromatic carbocycles. The molecule has 0 atom stereocenters. The molecule has 4 rings (SSSR count). The van der Waals surface area contributed by atoms with Gasteiger partial charge < -0.3 is 4.98 Å². The third-order valence-corrected chi connectivity index (χ3v) is 4.57. The van der Waals surface area contributed by atoms with Gasteiger partial charge in [0, 0.05) is 43.0 Å². The zero-order chi connectivity index (χ0) is 16.3. The lowest BCUT2D eigenvalue weighted by Crippen LogP contribution is -2.20. The molecule has 1 N–H and O–H groups in total. The van der Waals surface area contributed by atoms with Crippen LogP contribution in [0.3, 0.4) is 0 Å². The number of rotatable bonds is 1. The summed E-state index contributed by atoms with van der Waals surface area (Å²) in [7, 11) is 3.57. The molecule has 0 unspecified atom stereocenters. The van der Waals surface area contributed by atoms with Gasteiger partial charge in [-0.25, -0.2) is 4.98 Å². The molecule has 3 heterocycles. The molecule has 0 fully saturated rings. The lowest BCUT2D eigenvalue weighted by molar-refractivity contribution is 0.780. The van der Waals surface area contributed by atoms with Crippen LogP contribution in [0.5, 0.6) is 0 Å². The molecule has 4 aromatic rings. The molecule has 0 aliphatic heterocycles. The van der Waals surface area contributed by atoms with Gasteiger partial charge in [-0.3, -0.25) is 14.0 Å². The Morgan fingerprint density at radius 2 is 2.00 bits per heavy atom. The van der Waals surface area contributed by atoms with Gasteiger partial charge in [-0.1, -0.05) is 17.7 Å². The summed E-state index contributed by atoms with van der Waals surface area (Å²) >= 11 is 6.57. The first kappa shape index (κ1) is 14.0. The summed E-state index contributed by atoms with van der Waals surface area (Å²) < 4.78 is 3.26. The minimum atomic E-state index is -0.0916. The summed E-state index contributed by atoms with van der Waals surface area (Å²) in [6.07, 6.45) is 3.65. The Bertz CT molecular complexity index is 1130. The van der Waals surface area contributed by atoms with Crippen LogP contribution < -0.4 is 5.56 Å². The zero-order valence-corrected chi connectivity index (χ0v) is 13.6. The predicted octanol–water partition coefficient (Wildman–Crippen LogP) is 2.78. The van der Waals surface area contributed by atoms with Gasteiger partial charge in [0.05, 0.1) is 15.9 Å². The highest BCUT2D eigenvalue weighted by molar-refractivity contribution is 6.38. The quantitative estimate of drug-likeness (QED) is 0.584. The second-order valence-electron chi connectivity index (χ2n) is 5.61. The Labute approximate surface area is 136 Å². The molecule has 0 aliphatic rings. The summed E-state index contributed by atoms with van der Waals surface area (Å²) in [6, 6.07) is 3.79. The number of benzene rings is 1. The van der Waals surface area contributed by atoms with Crippen molar-refractivity contribution in [2.45, 2.75) is 6.92 Å². The SMILES string of the molecule is Cc1nc2[nH]cc(-c3ccc4nn(C)cc4c3Cl)c2c(=O)n1C. The molecular weight excluding hydrogens is 314 g/mol. The smallest absolute Gasteiger partial charge is 0.263 e. The molecule has 116 valence electrons. The summed E-state index contributed by atoms with van der Waals surface area (Å²) in [5.41, 5.74) is 2.85. The highest BCUT2D eigenvalue weighted by Crippen LogP contribution is 2.36. The number of aryl methyl sites for hydroxylation is 2. The van der Waals surface area contributed by atoms with Crippen molar-refractivity contribution in [3.05, 3.63) is 45.7 Å². The van der Waals surface area contributed by atoms with Gasteiger partial charge >= 0.3 is 0 Å². The van der Waals surface area contributed by atoms with Crippen molar-refractivity contribution in [2.75, 3.05) is 0 Å². The van der Waals surface area contributed by atoms with E-state index in [2.05, 4.69) is 15.1 Å². The summed E-state index contributed by atoms with van der Waals surface area (Å²) in [5.74, 6) is 0.657. The largest absolute Gasteiger partial charge is 0.345 e. The van der Waals surface area contributed by atoms with Gasteiger partial charge in [0.25, 0.3) is 5.56 Å². The van der Waals surface area contributed by atoms with Crippen molar-refractivity contribution in [3.63, 3.8) is 0 Å². The predicted molar refractivity (Wildman–Crippen MR) is 90.8 cm³/mol. The first-order valence-corrected chi connectivity index (χ1v) is 7.52. The summed E-state index contributed by atoms with van der Waals surface area (Å²) in [5, 5.41) is 6.33. The number of aromatic amines is 1. The second-order valence-corrected chi connectivity index (χ2v) is 5.99. The Kier molecular flexibility index (Phi) is 2.86. The van der Waals surface area contributed by atoms with Gasteiger partial charge in [0.15, 0.2) is 0 Å². The molecule has 0 saturated heterocycles. The van der Waals surface area contributed by atoms with E-state index in [4.69, 9.17) is 11.6 Å². The number of fused-ring (bicyclic) bond motifs is 2. The van der Waals surface area contributed by atoms with Crippen LogP contribution in [0.4, 0.5) is 0 Å². The number of nitrogens with zero attached hydrogens (tertiary/aromatic N) is 4. The van der Waals surface area contributed by atoms with E-state index < -0.39 is 0 Å². The Hall–Kier alpha value is -2.60. The van der Waals surface area contributed by atoms with Crippen LogP contribution in [0, 0.1) is 6.92 Å². The van der Waals surface area contributed by atoms with Crippen molar-refractivity contribution in [1.29, 1.82) is 0 Å². The van der Waals surface area contributed by atoms with E-state index in [1.165, 1.54) is 4.57 Å². The molecule has 6 nitrogen and oxygen atoms in total. The third-order valence-electron chi connectivity index (χ3n) is 4.17. The minimum absolute atomic E-state index is 0.0916. The molecule has 0 radical (unpaired) electrons. The van der Waals surface area contributed by atoms with Gasteiger partial charge in [-0.2, -0.15) is 5.10 Å². The van der Waals surface area contributed by atoms with E-state index in [1.54, 1.807) is 24.9 Å². The van der Waals surface area contributed by atoms with Crippen LogP contribution >= 0.6 is 11.6 Å². The highest BCUT2D eigenvalue weighted by Gasteiger charge is 2.17. The van der Waals surface area contributed by atoms with Crippen molar-refractivity contribution in [1.82, 2.24) is 24.3 Å². The van der Waals surface area contributed by atoms with Crippen molar-refractivity contribution in [3.8, 4) is 11.1 Å². The first-order chi connectivity index (χ1) is 11.0. The maximum Gasteiger partial charge on any atom is 0.263 e. The van der Waals surface area contributed by atoms with Crippen molar-refractivity contribution >= 4 is 33.5 Å². The van der Waals surface area contributed by atoms with Crippen molar-refractivity contribution < 1.29 is 0 Å². The van der Waals surface area contributed by atoms with E-state index in [-0.39, 0.29) is 5.56 Å². The van der Waals surface area contributed by atoms with E-state index in [0.717, 1.165) is 22.0 Å². The molecule has 23 heavy (non-hydrogen) atoms. The number of halogens is 1. The van der Waals surface area contributed by atoms with Gasteiger partial charge in [-0.05, 0) is 13.0 Å². The Morgan fingerprint density at radius 3 is 2.78 bits per heavy atom. The van der Waals surface area contributed by atoms with Crippen LogP contribution in [-0.2, 0) is 14.1 Å². The maximum absolute atomic E-state index is 12.6. The molecule has 0 amide bonds. The van der Waals surface area contributed by atoms with Crippen LogP contribution in [0.25, 0.3) is 33.1 Å². The van der Waals surface area contributed by atoms with Crippen LogP contribution in [-0.4, -0.2) is 24.3 Å². The van der Waals surface area contributed by atoms with E-state index in [9.17, 15) is 4.79 Å². The third kappa shape index (κ3) is 1.91. The Morgan fingerprint density at radius 1 is 1.22 bits per heavy atom. The summed E-state index contributed by atoms with van der Waals surface area (Å²) in [6.45, 7) is 1.80.